The molecule has 0 spiro atoms. The van der Waals surface area contributed by atoms with Gasteiger partial charge in [-0.15, -0.1) is 0 Å². The minimum atomic E-state index is -4.18. The molecule has 0 radical (unpaired) electrons. The van der Waals surface area contributed by atoms with E-state index >= 15 is 0 Å². The summed E-state index contributed by atoms with van der Waals surface area (Å²) in [6.07, 6.45) is 0.455. The molecule has 1 atom stereocenters. The summed E-state index contributed by atoms with van der Waals surface area (Å²) >= 11 is 0. The van der Waals surface area contributed by atoms with Gasteiger partial charge in [-0.05, 0) is 61.9 Å². The van der Waals surface area contributed by atoms with Gasteiger partial charge >= 0.3 is 10.3 Å². The van der Waals surface area contributed by atoms with Crippen molar-refractivity contribution in [2.45, 2.75) is 26.4 Å². The maximum absolute atomic E-state index is 13.0. The van der Waals surface area contributed by atoms with Gasteiger partial charge in [0.2, 0.25) is 0 Å². The SMILES string of the molecule is Cc1ccc(C)c(C(=O)N2CC[C@H](Oc3cccc(NS(=O)(=O)Oc4ccc(F)cc4)c3)C2)c1. The Kier molecular flexibility index (Phi) is 6.74. The fourth-order valence-electron chi connectivity index (χ4n) is 3.75. The van der Waals surface area contributed by atoms with Gasteiger partial charge in [0.25, 0.3) is 5.91 Å². The van der Waals surface area contributed by atoms with Crippen molar-refractivity contribution >= 4 is 21.9 Å². The second-order valence-electron chi connectivity index (χ2n) is 8.22. The molecule has 178 valence electrons. The minimum Gasteiger partial charge on any atom is -0.488 e. The van der Waals surface area contributed by atoms with E-state index in [0.29, 0.717) is 30.8 Å². The Morgan fingerprint density at radius 1 is 1.03 bits per heavy atom. The van der Waals surface area contributed by atoms with Crippen molar-refractivity contribution in [2.24, 2.45) is 0 Å². The number of nitrogens with one attached hydrogen (secondary N) is 1. The number of carbonyl (C=O) groups excluding carboxylic acids is 1. The normalized spacial score (nSPS) is 15.7. The van der Waals surface area contributed by atoms with Crippen LogP contribution < -0.4 is 13.6 Å². The first-order valence-corrected chi connectivity index (χ1v) is 12.2. The van der Waals surface area contributed by atoms with Crippen LogP contribution in [0.15, 0.2) is 66.7 Å². The summed E-state index contributed by atoms with van der Waals surface area (Å²) < 4.78 is 50.9. The number of anilines is 1. The second kappa shape index (κ2) is 9.72. The number of ether oxygens (including phenoxy) is 1. The van der Waals surface area contributed by atoms with Crippen molar-refractivity contribution < 1.29 is 26.5 Å². The highest BCUT2D eigenvalue weighted by Gasteiger charge is 2.29. The lowest BCUT2D eigenvalue weighted by Gasteiger charge is -2.19. The Hall–Kier alpha value is -3.59. The van der Waals surface area contributed by atoms with Crippen molar-refractivity contribution in [1.82, 2.24) is 4.90 Å². The number of carbonyl (C=O) groups is 1. The third-order valence-electron chi connectivity index (χ3n) is 5.45. The predicted octanol–water partition coefficient (Wildman–Crippen LogP) is 4.47. The van der Waals surface area contributed by atoms with Crippen molar-refractivity contribution in [3.8, 4) is 11.5 Å². The molecule has 1 heterocycles. The molecule has 1 N–H and O–H groups in total. The van der Waals surface area contributed by atoms with E-state index in [0.717, 1.165) is 23.3 Å². The monoisotopic (exact) mass is 484 g/mol. The number of amides is 1. The first kappa shape index (κ1) is 23.6. The molecule has 3 aromatic carbocycles. The zero-order chi connectivity index (χ0) is 24.3. The molecule has 4 rings (SSSR count). The van der Waals surface area contributed by atoms with Crippen LogP contribution in [0.1, 0.15) is 27.9 Å². The first-order chi connectivity index (χ1) is 16.2. The first-order valence-electron chi connectivity index (χ1n) is 10.8. The lowest BCUT2D eigenvalue weighted by Crippen LogP contribution is -2.31. The molecule has 7 nitrogen and oxygen atoms in total. The van der Waals surface area contributed by atoms with Crippen LogP contribution in [-0.2, 0) is 10.3 Å². The maximum atomic E-state index is 13.0. The van der Waals surface area contributed by atoms with Gasteiger partial charge in [0.15, 0.2) is 0 Å². The third kappa shape index (κ3) is 5.85. The number of hydrogen-bond acceptors (Lipinski definition) is 5. The van der Waals surface area contributed by atoms with E-state index in [4.69, 9.17) is 8.92 Å². The maximum Gasteiger partial charge on any atom is 0.407 e. The van der Waals surface area contributed by atoms with E-state index in [-0.39, 0.29) is 23.4 Å². The highest BCUT2D eigenvalue weighted by atomic mass is 32.2. The van der Waals surface area contributed by atoms with E-state index in [1.165, 1.54) is 12.1 Å². The lowest BCUT2D eigenvalue weighted by molar-refractivity contribution is 0.0771. The molecule has 1 fully saturated rings. The lowest BCUT2D eigenvalue weighted by atomic mass is 10.0. The van der Waals surface area contributed by atoms with Crippen LogP contribution in [0.25, 0.3) is 0 Å². The number of aryl methyl sites for hydroxylation is 2. The molecule has 0 unspecified atom stereocenters. The molecule has 9 heteroatoms. The van der Waals surface area contributed by atoms with Crippen LogP contribution in [0.3, 0.4) is 0 Å². The molecule has 0 bridgehead atoms. The van der Waals surface area contributed by atoms with Gasteiger partial charge in [-0.25, -0.2) is 4.39 Å². The molecule has 1 saturated heterocycles. The summed E-state index contributed by atoms with van der Waals surface area (Å²) in [4.78, 5) is 14.7. The largest absolute Gasteiger partial charge is 0.488 e. The van der Waals surface area contributed by atoms with Gasteiger partial charge < -0.3 is 13.8 Å². The topological polar surface area (TPSA) is 84.9 Å². The van der Waals surface area contributed by atoms with E-state index in [2.05, 4.69) is 4.72 Å². The average molecular weight is 485 g/mol. The molecule has 3 aromatic rings. The highest BCUT2D eigenvalue weighted by Crippen LogP contribution is 2.25. The zero-order valence-electron chi connectivity index (χ0n) is 18.8. The Labute approximate surface area is 198 Å². The van der Waals surface area contributed by atoms with Crippen LogP contribution >= 0.6 is 0 Å². The Balaban J connectivity index is 1.37. The van der Waals surface area contributed by atoms with Crippen molar-refractivity contribution in [2.75, 3.05) is 17.8 Å². The summed E-state index contributed by atoms with van der Waals surface area (Å²) in [5.74, 6) is -0.0654. The molecule has 0 aromatic heterocycles. The number of rotatable bonds is 7. The van der Waals surface area contributed by atoms with Gasteiger partial charge in [0, 0.05) is 24.6 Å². The Morgan fingerprint density at radius 3 is 2.56 bits per heavy atom. The second-order valence-corrected chi connectivity index (χ2v) is 9.50. The molecule has 1 amide bonds. The molecule has 1 aliphatic rings. The van der Waals surface area contributed by atoms with Crippen LogP contribution in [0, 0.1) is 19.7 Å². The molecule has 0 aliphatic carbocycles. The van der Waals surface area contributed by atoms with Crippen LogP contribution in [0.5, 0.6) is 11.5 Å². The minimum absolute atomic E-state index is 0.0131. The van der Waals surface area contributed by atoms with Gasteiger partial charge in [0.1, 0.15) is 23.4 Å². The van der Waals surface area contributed by atoms with E-state index in [1.54, 1.807) is 29.2 Å². The standard InChI is InChI=1S/C25H25FN2O5S/c1-17-6-7-18(2)24(14-17)25(29)28-13-12-23(16-28)32-22-5-3-4-20(15-22)27-34(30,31)33-21-10-8-19(26)9-11-21/h3-11,14-15,23,27H,12-13,16H2,1-2H3/t23-/m0/s1. The molecule has 0 saturated carbocycles. The van der Waals surface area contributed by atoms with Crippen molar-refractivity contribution in [3.63, 3.8) is 0 Å². The molecular formula is C25H25FN2O5S. The summed E-state index contributed by atoms with van der Waals surface area (Å²) in [7, 11) is -4.18. The molecule has 34 heavy (non-hydrogen) atoms. The van der Waals surface area contributed by atoms with E-state index < -0.39 is 16.1 Å². The van der Waals surface area contributed by atoms with Gasteiger partial charge in [-0.1, -0.05) is 23.8 Å². The fraction of sp³-hybridized carbons (Fsp3) is 0.240. The molecular weight excluding hydrogens is 459 g/mol. The Morgan fingerprint density at radius 2 is 1.79 bits per heavy atom. The number of hydrogen-bond donors (Lipinski definition) is 1. The average Bonchev–Trinajstić information content (AvgIpc) is 3.24. The van der Waals surface area contributed by atoms with Crippen LogP contribution in [0.4, 0.5) is 10.1 Å². The van der Waals surface area contributed by atoms with E-state index in [9.17, 15) is 17.6 Å². The smallest absolute Gasteiger partial charge is 0.407 e. The summed E-state index contributed by atoms with van der Waals surface area (Å²) in [5, 5.41) is 0. The number of halogens is 1. The summed E-state index contributed by atoms with van der Waals surface area (Å²) in [6, 6.07) is 16.9. The predicted molar refractivity (Wildman–Crippen MR) is 127 cm³/mol. The van der Waals surface area contributed by atoms with Crippen LogP contribution in [0.2, 0.25) is 0 Å². The fourth-order valence-corrected chi connectivity index (χ4v) is 4.57. The van der Waals surface area contributed by atoms with Crippen molar-refractivity contribution in [3.05, 3.63) is 89.2 Å². The van der Waals surface area contributed by atoms with E-state index in [1.807, 2.05) is 32.0 Å². The van der Waals surface area contributed by atoms with Crippen LogP contribution in [-0.4, -0.2) is 38.4 Å². The molecule has 1 aliphatic heterocycles. The Bertz CT molecular complexity index is 1290. The zero-order valence-corrected chi connectivity index (χ0v) is 19.6. The quantitative estimate of drug-likeness (QED) is 0.535. The number of likely N-dealkylation sites (tertiary alicyclic amines) is 1. The number of nitrogens with zero attached hydrogens (tertiary/aromatic N) is 1. The third-order valence-corrected chi connectivity index (χ3v) is 6.35. The van der Waals surface area contributed by atoms with Gasteiger partial charge in [-0.3, -0.25) is 9.52 Å². The summed E-state index contributed by atoms with van der Waals surface area (Å²) in [5.41, 5.74) is 2.91. The number of benzene rings is 3. The van der Waals surface area contributed by atoms with Gasteiger partial charge in [0.05, 0.1) is 12.2 Å². The van der Waals surface area contributed by atoms with Crippen molar-refractivity contribution in [1.29, 1.82) is 0 Å². The van der Waals surface area contributed by atoms with Gasteiger partial charge in [-0.2, -0.15) is 8.42 Å². The highest BCUT2D eigenvalue weighted by molar-refractivity contribution is 7.88. The summed E-state index contributed by atoms with van der Waals surface area (Å²) in [6.45, 7) is 4.89.